The molecule has 0 aliphatic heterocycles. The van der Waals surface area contributed by atoms with Gasteiger partial charge in [0.2, 0.25) is 15.9 Å². The molecule has 0 aliphatic rings. The molecule has 0 atom stereocenters. The Morgan fingerprint density at radius 3 is 2.46 bits per heavy atom. The third-order valence-electron chi connectivity index (χ3n) is 4.30. The van der Waals surface area contributed by atoms with Crippen molar-refractivity contribution in [1.82, 2.24) is 0 Å². The first-order valence-corrected chi connectivity index (χ1v) is 11.0. The summed E-state index contributed by atoms with van der Waals surface area (Å²) in [6.45, 7) is 5.60. The second kappa shape index (κ2) is 8.84. The van der Waals surface area contributed by atoms with Crippen molar-refractivity contribution in [1.29, 1.82) is 0 Å². The van der Waals surface area contributed by atoms with Crippen LogP contribution in [0.1, 0.15) is 30.9 Å². The smallest absolute Gasteiger partial charge is 0.245 e. The molecular formula is C20H25ClN2O4S. The number of aryl methyl sites for hydroxylation is 1. The molecular weight excluding hydrogens is 400 g/mol. The number of amides is 1. The number of anilines is 2. The Labute approximate surface area is 171 Å². The fourth-order valence-electron chi connectivity index (χ4n) is 2.86. The predicted octanol–water partition coefficient (Wildman–Crippen LogP) is 4.19. The maximum absolute atomic E-state index is 12.7. The number of halogens is 1. The van der Waals surface area contributed by atoms with E-state index in [1.54, 1.807) is 12.1 Å². The highest BCUT2D eigenvalue weighted by Crippen LogP contribution is 2.31. The van der Waals surface area contributed by atoms with Crippen molar-refractivity contribution < 1.29 is 17.9 Å². The molecule has 0 aromatic heterocycles. The van der Waals surface area contributed by atoms with Crippen LogP contribution in [0, 0.1) is 6.92 Å². The summed E-state index contributed by atoms with van der Waals surface area (Å²) < 4.78 is 30.7. The first kappa shape index (κ1) is 22.0. The number of nitrogens with zero attached hydrogens (tertiary/aromatic N) is 1. The summed E-state index contributed by atoms with van der Waals surface area (Å²) in [5, 5.41) is 3.13. The van der Waals surface area contributed by atoms with Gasteiger partial charge in [-0.15, -0.1) is 0 Å². The largest absolute Gasteiger partial charge is 0.495 e. The Morgan fingerprint density at radius 2 is 1.93 bits per heavy atom. The van der Waals surface area contributed by atoms with Crippen molar-refractivity contribution in [3.05, 3.63) is 52.5 Å². The normalized spacial score (nSPS) is 11.4. The van der Waals surface area contributed by atoms with Crippen molar-refractivity contribution in [2.75, 3.05) is 29.5 Å². The predicted molar refractivity (Wildman–Crippen MR) is 114 cm³/mol. The van der Waals surface area contributed by atoms with Gasteiger partial charge in [-0.1, -0.05) is 43.6 Å². The lowest BCUT2D eigenvalue weighted by Crippen LogP contribution is -2.37. The molecule has 28 heavy (non-hydrogen) atoms. The molecule has 152 valence electrons. The van der Waals surface area contributed by atoms with E-state index >= 15 is 0 Å². The molecule has 0 aliphatic carbocycles. The van der Waals surface area contributed by atoms with Gasteiger partial charge in [0.1, 0.15) is 12.3 Å². The summed E-state index contributed by atoms with van der Waals surface area (Å²) in [5.74, 6) is 0.194. The number of methoxy groups -OCH3 is 1. The summed E-state index contributed by atoms with van der Waals surface area (Å²) in [5.41, 5.74) is 2.91. The topological polar surface area (TPSA) is 75.7 Å². The number of carbonyl (C=O) groups excluding carboxylic acids is 1. The highest BCUT2D eigenvalue weighted by Gasteiger charge is 2.23. The van der Waals surface area contributed by atoms with Gasteiger partial charge in [-0.2, -0.15) is 0 Å². The molecule has 1 amide bonds. The molecule has 8 heteroatoms. The van der Waals surface area contributed by atoms with Gasteiger partial charge in [0.05, 0.1) is 24.1 Å². The second-order valence-corrected chi connectivity index (χ2v) is 9.14. The standard InChI is InChI=1S/C20H25ClN2O4S/c1-13(2)16-8-6-7-14(3)20(16)22-19(24)12-23(28(5,25)26)15-9-10-18(27-4)17(21)11-15/h6-11,13H,12H2,1-5H3,(H,22,24). The number of carbonyl (C=O) groups is 1. The van der Waals surface area contributed by atoms with E-state index < -0.39 is 15.9 Å². The molecule has 0 fully saturated rings. The Bertz CT molecular complexity index is 974. The van der Waals surface area contributed by atoms with Gasteiger partial charge in [0, 0.05) is 5.69 Å². The zero-order valence-corrected chi connectivity index (χ0v) is 18.2. The number of rotatable bonds is 7. The van der Waals surface area contributed by atoms with Crippen LogP contribution >= 0.6 is 11.6 Å². The molecule has 0 radical (unpaired) electrons. The van der Waals surface area contributed by atoms with Crippen molar-refractivity contribution >= 4 is 38.9 Å². The molecule has 6 nitrogen and oxygen atoms in total. The van der Waals surface area contributed by atoms with Crippen molar-refractivity contribution in [3.63, 3.8) is 0 Å². The van der Waals surface area contributed by atoms with Crippen LogP contribution in [0.5, 0.6) is 5.75 Å². The van der Waals surface area contributed by atoms with Gasteiger partial charge < -0.3 is 10.1 Å². The number of benzene rings is 2. The molecule has 1 N–H and O–H groups in total. The van der Waals surface area contributed by atoms with Gasteiger partial charge in [0.25, 0.3) is 0 Å². The van der Waals surface area contributed by atoms with Crippen LogP contribution in [0.3, 0.4) is 0 Å². The van der Waals surface area contributed by atoms with E-state index in [-0.39, 0.29) is 23.2 Å². The Morgan fingerprint density at radius 1 is 1.25 bits per heavy atom. The summed E-state index contributed by atoms with van der Waals surface area (Å²) in [6, 6.07) is 10.4. The van der Waals surface area contributed by atoms with Crippen LogP contribution in [-0.2, 0) is 14.8 Å². The van der Waals surface area contributed by atoms with Crippen molar-refractivity contribution in [2.45, 2.75) is 26.7 Å². The minimum Gasteiger partial charge on any atom is -0.495 e. The molecule has 0 bridgehead atoms. The van der Waals surface area contributed by atoms with Crippen LogP contribution < -0.4 is 14.4 Å². The van der Waals surface area contributed by atoms with Gasteiger partial charge in [0.15, 0.2) is 0 Å². The highest BCUT2D eigenvalue weighted by molar-refractivity contribution is 7.92. The van der Waals surface area contributed by atoms with Crippen molar-refractivity contribution in [2.24, 2.45) is 0 Å². The van der Waals surface area contributed by atoms with E-state index in [1.807, 2.05) is 39.0 Å². The fourth-order valence-corrected chi connectivity index (χ4v) is 3.96. The van der Waals surface area contributed by atoms with E-state index in [4.69, 9.17) is 16.3 Å². The van der Waals surface area contributed by atoms with E-state index in [9.17, 15) is 13.2 Å². The van der Waals surface area contributed by atoms with E-state index in [0.29, 0.717) is 11.4 Å². The molecule has 2 aromatic rings. The SMILES string of the molecule is COc1ccc(N(CC(=O)Nc2c(C)cccc2C(C)C)S(C)(=O)=O)cc1Cl. The minimum absolute atomic E-state index is 0.210. The first-order valence-electron chi connectivity index (χ1n) is 8.75. The number of hydrogen-bond acceptors (Lipinski definition) is 4. The Hall–Kier alpha value is -2.25. The Kier molecular flexibility index (Phi) is 6.96. The first-order chi connectivity index (χ1) is 13.0. The average molecular weight is 425 g/mol. The highest BCUT2D eigenvalue weighted by atomic mass is 35.5. The molecule has 0 saturated carbocycles. The molecule has 0 heterocycles. The van der Waals surface area contributed by atoms with E-state index in [1.165, 1.54) is 13.2 Å². The molecule has 2 aromatic carbocycles. The molecule has 0 saturated heterocycles. The number of sulfonamides is 1. The second-order valence-electron chi connectivity index (χ2n) is 6.83. The van der Waals surface area contributed by atoms with Crippen LogP contribution in [0.4, 0.5) is 11.4 Å². The lowest BCUT2D eigenvalue weighted by Gasteiger charge is -2.23. The molecule has 2 rings (SSSR count). The monoisotopic (exact) mass is 424 g/mol. The van der Waals surface area contributed by atoms with Gasteiger partial charge >= 0.3 is 0 Å². The summed E-state index contributed by atoms with van der Waals surface area (Å²) in [7, 11) is -2.24. The average Bonchev–Trinajstić information content (AvgIpc) is 2.60. The van der Waals surface area contributed by atoms with Crippen LogP contribution in [-0.4, -0.2) is 34.2 Å². The maximum Gasteiger partial charge on any atom is 0.245 e. The van der Waals surface area contributed by atoms with E-state index in [2.05, 4.69) is 5.32 Å². The van der Waals surface area contributed by atoms with Crippen LogP contribution in [0.2, 0.25) is 5.02 Å². The number of hydrogen-bond donors (Lipinski definition) is 1. The molecule has 0 unspecified atom stereocenters. The number of ether oxygens (including phenoxy) is 1. The molecule has 0 spiro atoms. The number of nitrogens with one attached hydrogen (secondary N) is 1. The summed E-state index contributed by atoms with van der Waals surface area (Å²) in [4.78, 5) is 12.7. The van der Waals surface area contributed by atoms with Gasteiger partial charge in [-0.25, -0.2) is 8.42 Å². The van der Waals surface area contributed by atoms with Crippen LogP contribution in [0.15, 0.2) is 36.4 Å². The van der Waals surface area contributed by atoms with Gasteiger partial charge in [-0.3, -0.25) is 9.10 Å². The third-order valence-corrected chi connectivity index (χ3v) is 5.74. The quantitative estimate of drug-likeness (QED) is 0.723. The zero-order chi connectivity index (χ0) is 21.1. The number of para-hydroxylation sites is 1. The third kappa shape index (κ3) is 5.17. The fraction of sp³-hybridized carbons (Fsp3) is 0.350. The zero-order valence-electron chi connectivity index (χ0n) is 16.6. The summed E-state index contributed by atoms with van der Waals surface area (Å²) in [6.07, 6.45) is 1.05. The Balaban J connectivity index is 2.32. The van der Waals surface area contributed by atoms with Crippen LogP contribution in [0.25, 0.3) is 0 Å². The van der Waals surface area contributed by atoms with Crippen molar-refractivity contribution in [3.8, 4) is 5.75 Å². The van der Waals surface area contributed by atoms with Gasteiger partial charge in [-0.05, 0) is 42.2 Å². The lowest BCUT2D eigenvalue weighted by atomic mass is 9.98. The lowest BCUT2D eigenvalue weighted by molar-refractivity contribution is -0.114. The minimum atomic E-state index is -3.71. The maximum atomic E-state index is 12.7. The van der Waals surface area contributed by atoms with E-state index in [0.717, 1.165) is 21.7 Å². The summed E-state index contributed by atoms with van der Waals surface area (Å²) >= 11 is 6.12.